The molecule has 156 valence electrons. The number of thiophene rings is 1. The Kier molecular flexibility index (Phi) is 6.20. The van der Waals surface area contributed by atoms with Crippen molar-refractivity contribution in [3.8, 4) is 16.5 Å². The number of rotatable bonds is 7. The minimum atomic E-state index is -0.0672. The molecule has 0 saturated carbocycles. The molecule has 8 nitrogen and oxygen atoms in total. The number of hydrogen-bond acceptors (Lipinski definition) is 8. The van der Waals surface area contributed by atoms with Crippen LogP contribution in [0.3, 0.4) is 0 Å². The largest absolute Gasteiger partial charge is 0.484 e. The lowest BCUT2D eigenvalue weighted by molar-refractivity contribution is -0.135. The van der Waals surface area contributed by atoms with Gasteiger partial charge in [-0.15, -0.1) is 11.3 Å². The first-order valence-electron chi connectivity index (χ1n) is 9.69. The Balaban J connectivity index is 1.24. The van der Waals surface area contributed by atoms with Gasteiger partial charge in [-0.1, -0.05) is 23.4 Å². The maximum absolute atomic E-state index is 12.5. The third-order valence-electron chi connectivity index (χ3n) is 4.89. The summed E-state index contributed by atoms with van der Waals surface area (Å²) in [6.45, 7) is 4.74. The highest BCUT2D eigenvalue weighted by molar-refractivity contribution is 7.13. The molecule has 3 heterocycles. The van der Waals surface area contributed by atoms with Crippen molar-refractivity contribution in [3.05, 3.63) is 53.2 Å². The van der Waals surface area contributed by atoms with Crippen molar-refractivity contribution < 1.29 is 18.8 Å². The summed E-state index contributed by atoms with van der Waals surface area (Å²) < 4.78 is 10.9. The van der Waals surface area contributed by atoms with Crippen LogP contribution in [0.15, 0.2) is 46.3 Å². The van der Waals surface area contributed by atoms with Gasteiger partial charge in [0.1, 0.15) is 5.75 Å². The molecule has 1 saturated heterocycles. The molecule has 4 rings (SSSR count). The molecule has 1 amide bonds. The van der Waals surface area contributed by atoms with Gasteiger partial charge in [-0.3, -0.25) is 14.5 Å². The minimum Gasteiger partial charge on any atom is -0.484 e. The lowest BCUT2D eigenvalue weighted by Gasteiger charge is -2.34. The van der Waals surface area contributed by atoms with Crippen molar-refractivity contribution in [2.24, 2.45) is 0 Å². The third-order valence-corrected chi connectivity index (χ3v) is 5.75. The summed E-state index contributed by atoms with van der Waals surface area (Å²) in [5.74, 6) is 1.61. The Bertz CT molecular complexity index is 1010. The quantitative estimate of drug-likeness (QED) is 0.537. The molecule has 1 aliphatic rings. The summed E-state index contributed by atoms with van der Waals surface area (Å²) in [7, 11) is 0. The van der Waals surface area contributed by atoms with Crippen LogP contribution in [0, 0.1) is 0 Å². The normalized spacial score (nSPS) is 14.6. The maximum atomic E-state index is 12.5. The van der Waals surface area contributed by atoms with E-state index in [0.29, 0.717) is 42.7 Å². The highest BCUT2D eigenvalue weighted by Gasteiger charge is 2.23. The molecule has 1 aromatic carbocycles. The Morgan fingerprint density at radius 1 is 1.17 bits per heavy atom. The monoisotopic (exact) mass is 426 g/mol. The number of ether oxygens (including phenoxy) is 1. The first-order valence-corrected chi connectivity index (χ1v) is 10.6. The molecule has 0 radical (unpaired) electrons. The topological polar surface area (TPSA) is 88.8 Å². The van der Waals surface area contributed by atoms with Crippen molar-refractivity contribution in [3.63, 3.8) is 0 Å². The zero-order chi connectivity index (χ0) is 20.9. The van der Waals surface area contributed by atoms with Gasteiger partial charge in [0.05, 0.1) is 11.4 Å². The number of ketones is 1. The second kappa shape index (κ2) is 9.19. The molecule has 1 fully saturated rings. The predicted octanol–water partition coefficient (Wildman–Crippen LogP) is 2.72. The average molecular weight is 426 g/mol. The summed E-state index contributed by atoms with van der Waals surface area (Å²) >= 11 is 1.56. The van der Waals surface area contributed by atoms with Crippen molar-refractivity contribution in [1.29, 1.82) is 0 Å². The van der Waals surface area contributed by atoms with Crippen LogP contribution in [-0.4, -0.2) is 64.4 Å². The Morgan fingerprint density at radius 3 is 2.73 bits per heavy atom. The van der Waals surface area contributed by atoms with Crippen LogP contribution in [0.2, 0.25) is 0 Å². The molecule has 1 aliphatic heterocycles. The van der Waals surface area contributed by atoms with E-state index in [9.17, 15) is 9.59 Å². The highest BCUT2D eigenvalue weighted by atomic mass is 32.1. The van der Waals surface area contributed by atoms with Crippen molar-refractivity contribution in [1.82, 2.24) is 19.9 Å². The van der Waals surface area contributed by atoms with Crippen LogP contribution in [0.4, 0.5) is 0 Å². The van der Waals surface area contributed by atoms with Gasteiger partial charge < -0.3 is 14.2 Å². The second-order valence-corrected chi connectivity index (χ2v) is 7.97. The Hall–Kier alpha value is -3.04. The van der Waals surface area contributed by atoms with Gasteiger partial charge in [-0.25, -0.2) is 0 Å². The van der Waals surface area contributed by atoms with Crippen LogP contribution in [0.1, 0.15) is 23.1 Å². The van der Waals surface area contributed by atoms with E-state index >= 15 is 0 Å². The summed E-state index contributed by atoms with van der Waals surface area (Å²) in [5.41, 5.74) is 0.567. The van der Waals surface area contributed by atoms with Gasteiger partial charge in [0, 0.05) is 31.7 Å². The number of nitrogens with zero attached hydrogens (tertiary/aromatic N) is 4. The van der Waals surface area contributed by atoms with Crippen molar-refractivity contribution >= 4 is 23.0 Å². The van der Waals surface area contributed by atoms with E-state index in [1.165, 1.54) is 6.92 Å². The van der Waals surface area contributed by atoms with Crippen LogP contribution < -0.4 is 4.74 Å². The molecule has 0 bridgehead atoms. The summed E-state index contributed by atoms with van der Waals surface area (Å²) in [6.07, 6.45) is 0. The van der Waals surface area contributed by atoms with E-state index in [2.05, 4.69) is 15.0 Å². The molecule has 0 spiro atoms. The van der Waals surface area contributed by atoms with Crippen LogP contribution in [-0.2, 0) is 11.3 Å². The summed E-state index contributed by atoms with van der Waals surface area (Å²) in [4.78, 5) is 33.3. The van der Waals surface area contributed by atoms with Crippen LogP contribution >= 0.6 is 11.3 Å². The van der Waals surface area contributed by atoms with E-state index in [4.69, 9.17) is 9.26 Å². The van der Waals surface area contributed by atoms with Gasteiger partial charge in [-0.05, 0) is 30.5 Å². The predicted molar refractivity (Wildman–Crippen MR) is 111 cm³/mol. The first-order chi connectivity index (χ1) is 14.6. The molecule has 3 aromatic rings. The Labute approximate surface area is 178 Å². The molecular weight excluding hydrogens is 404 g/mol. The lowest BCUT2D eigenvalue weighted by atomic mass is 10.1. The lowest BCUT2D eigenvalue weighted by Crippen LogP contribution is -2.49. The number of hydrogen-bond donors (Lipinski definition) is 0. The number of piperazine rings is 1. The van der Waals surface area contributed by atoms with E-state index in [1.807, 2.05) is 17.5 Å². The first kappa shape index (κ1) is 20.2. The SMILES string of the molecule is CC(=O)c1cccc(OCC(=O)N2CCN(Cc3noc(-c4cccs4)n3)CC2)c1. The smallest absolute Gasteiger partial charge is 0.268 e. The minimum absolute atomic E-state index is 0.0352. The molecular formula is C21H22N4O4S. The number of carbonyl (C=O) groups is 2. The van der Waals surface area contributed by atoms with E-state index < -0.39 is 0 Å². The molecule has 30 heavy (non-hydrogen) atoms. The molecule has 0 atom stereocenters. The zero-order valence-corrected chi connectivity index (χ0v) is 17.4. The number of benzene rings is 1. The highest BCUT2D eigenvalue weighted by Crippen LogP contribution is 2.22. The van der Waals surface area contributed by atoms with Gasteiger partial charge in [-0.2, -0.15) is 4.98 Å². The van der Waals surface area contributed by atoms with E-state index in [0.717, 1.165) is 18.0 Å². The number of amides is 1. The van der Waals surface area contributed by atoms with E-state index in [-0.39, 0.29) is 18.3 Å². The molecule has 2 aromatic heterocycles. The van der Waals surface area contributed by atoms with Crippen molar-refractivity contribution in [2.45, 2.75) is 13.5 Å². The molecule has 9 heteroatoms. The van der Waals surface area contributed by atoms with Crippen LogP contribution in [0.5, 0.6) is 5.75 Å². The fraction of sp³-hybridized carbons (Fsp3) is 0.333. The number of aromatic nitrogens is 2. The molecule has 0 aliphatic carbocycles. The second-order valence-electron chi connectivity index (χ2n) is 7.02. The third kappa shape index (κ3) is 4.92. The van der Waals surface area contributed by atoms with Gasteiger partial charge in [0.2, 0.25) is 0 Å². The van der Waals surface area contributed by atoms with Crippen LogP contribution in [0.25, 0.3) is 10.8 Å². The van der Waals surface area contributed by atoms with Crippen molar-refractivity contribution in [2.75, 3.05) is 32.8 Å². The van der Waals surface area contributed by atoms with Gasteiger partial charge in [0.15, 0.2) is 18.2 Å². The fourth-order valence-electron chi connectivity index (χ4n) is 3.22. The number of Topliss-reactive ketones (excluding diaryl/α,β-unsaturated/α-hetero) is 1. The zero-order valence-electron chi connectivity index (χ0n) is 16.6. The average Bonchev–Trinajstić information content (AvgIpc) is 3.45. The summed E-state index contributed by atoms with van der Waals surface area (Å²) in [5, 5.41) is 6.03. The molecule has 0 unspecified atom stereocenters. The van der Waals surface area contributed by atoms with Gasteiger partial charge >= 0.3 is 0 Å². The standard InChI is InChI=1S/C21H22N4O4S/c1-15(26)16-4-2-5-17(12-16)28-14-20(27)25-9-7-24(8-10-25)13-19-22-21(29-23-19)18-6-3-11-30-18/h2-6,11-12H,7-10,13-14H2,1H3. The van der Waals surface area contributed by atoms with Gasteiger partial charge in [0.25, 0.3) is 11.8 Å². The molecule has 0 N–H and O–H groups in total. The fourth-order valence-corrected chi connectivity index (χ4v) is 3.86. The Morgan fingerprint density at radius 2 is 2.00 bits per heavy atom. The summed E-state index contributed by atoms with van der Waals surface area (Å²) in [6, 6.07) is 10.8. The maximum Gasteiger partial charge on any atom is 0.268 e. The number of carbonyl (C=O) groups excluding carboxylic acids is 2. The van der Waals surface area contributed by atoms with E-state index in [1.54, 1.807) is 40.5 Å².